The highest BCUT2D eigenvalue weighted by Gasteiger charge is 2.31. The third-order valence-corrected chi connectivity index (χ3v) is 7.27. The Balaban J connectivity index is 0.00000288. The van der Waals surface area contributed by atoms with Crippen molar-refractivity contribution in [1.29, 1.82) is 0 Å². The van der Waals surface area contributed by atoms with E-state index in [9.17, 15) is 16.8 Å². The molecule has 0 bridgehead atoms. The molecule has 1 aromatic rings. The minimum absolute atomic E-state index is 0. The fraction of sp³-hybridized carbons (Fsp3) is 0.571. The number of nitrogens with one attached hydrogen (secondary N) is 2. The number of rotatable bonds is 4. The van der Waals surface area contributed by atoms with Gasteiger partial charge in [-0.3, -0.25) is 0 Å². The van der Waals surface area contributed by atoms with E-state index in [0.29, 0.717) is 18.7 Å². The van der Waals surface area contributed by atoms with Gasteiger partial charge in [0.2, 0.25) is 20.0 Å². The molecule has 2 atom stereocenters. The zero-order valence-electron chi connectivity index (χ0n) is 14.1. The second-order valence-electron chi connectivity index (χ2n) is 5.93. The van der Waals surface area contributed by atoms with Gasteiger partial charge in [-0.15, -0.1) is 12.4 Å². The van der Waals surface area contributed by atoms with E-state index in [1.165, 1.54) is 29.6 Å². The maximum absolute atomic E-state index is 12.8. The molecule has 2 unspecified atom stereocenters. The van der Waals surface area contributed by atoms with Crippen LogP contribution in [0, 0.1) is 6.92 Å². The molecule has 1 heterocycles. The van der Waals surface area contributed by atoms with Crippen LogP contribution in [-0.4, -0.2) is 53.4 Å². The zero-order valence-corrected chi connectivity index (χ0v) is 16.6. The first-order valence-electron chi connectivity index (χ1n) is 7.38. The van der Waals surface area contributed by atoms with Crippen LogP contribution in [-0.2, 0) is 20.0 Å². The van der Waals surface area contributed by atoms with E-state index in [2.05, 4.69) is 10.0 Å². The average molecular weight is 398 g/mol. The Bertz CT molecular complexity index is 786. The van der Waals surface area contributed by atoms with Crippen molar-refractivity contribution < 1.29 is 16.8 Å². The van der Waals surface area contributed by atoms with Crippen LogP contribution in [0.5, 0.6) is 0 Å². The lowest BCUT2D eigenvalue weighted by atomic mass is 10.2. The highest BCUT2D eigenvalue weighted by Crippen LogP contribution is 2.23. The van der Waals surface area contributed by atoms with E-state index < -0.39 is 20.0 Å². The summed E-state index contributed by atoms with van der Waals surface area (Å²) in [5, 5.41) is 3.29. The average Bonchev–Trinajstić information content (AvgIpc) is 2.45. The van der Waals surface area contributed by atoms with E-state index in [1.54, 1.807) is 6.92 Å². The number of hydrogen-bond donors (Lipinski definition) is 2. The molecule has 138 valence electrons. The van der Waals surface area contributed by atoms with E-state index >= 15 is 0 Å². The van der Waals surface area contributed by atoms with Gasteiger partial charge in [0.15, 0.2) is 0 Å². The minimum atomic E-state index is -3.64. The summed E-state index contributed by atoms with van der Waals surface area (Å²) in [7, 11) is -5.92. The molecule has 0 aliphatic carbocycles. The molecule has 1 aromatic carbocycles. The number of hydrogen-bond acceptors (Lipinski definition) is 5. The molecule has 1 aliphatic heterocycles. The summed E-state index contributed by atoms with van der Waals surface area (Å²) in [4.78, 5) is 0.201. The molecule has 1 aliphatic rings. The third kappa shape index (κ3) is 4.27. The second kappa shape index (κ2) is 7.67. The van der Waals surface area contributed by atoms with Crippen molar-refractivity contribution in [2.24, 2.45) is 0 Å². The van der Waals surface area contributed by atoms with Crippen molar-refractivity contribution >= 4 is 32.5 Å². The van der Waals surface area contributed by atoms with Crippen LogP contribution in [0.2, 0.25) is 0 Å². The summed E-state index contributed by atoms with van der Waals surface area (Å²) in [5.74, 6) is 0. The summed E-state index contributed by atoms with van der Waals surface area (Å²) >= 11 is 0. The Kier molecular flexibility index (Phi) is 6.82. The number of benzene rings is 1. The second-order valence-corrected chi connectivity index (χ2v) is 9.72. The van der Waals surface area contributed by atoms with Gasteiger partial charge in [0.1, 0.15) is 0 Å². The first-order valence-corrected chi connectivity index (χ1v) is 10.3. The predicted octanol–water partition coefficient (Wildman–Crippen LogP) is 0.696. The molecule has 2 rings (SSSR count). The van der Waals surface area contributed by atoms with Crippen LogP contribution >= 0.6 is 12.4 Å². The Labute approximate surface area is 150 Å². The molecule has 0 radical (unpaired) electrons. The highest BCUT2D eigenvalue weighted by atomic mass is 35.5. The summed E-state index contributed by atoms with van der Waals surface area (Å²) in [6.45, 7) is 6.24. The summed E-state index contributed by atoms with van der Waals surface area (Å²) in [6.07, 6.45) is 0. The van der Waals surface area contributed by atoms with Crippen LogP contribution in [0.3, 0.4) is 0 Å². The van der Waals surface area contributed by atoms with Gasteiger partial charge < -0.3 is 5.32 Å². The number of piperazine rings is 1. The molecule has 0 saturated carbocycles. The molecular formula is C14H24ClN3O4S2. The Morgan fingerprint density at radius 3 is 2.12 bits per heavy atom. The number of nitrogens with zero attached hydrogens (tertiary/aromatic N) is 1. The maximum atomic E-state index is 12.8. The van der Waals surface area contributed by atoms with Gasteiger partial charge in [-0.05, 0) is 51.6 Å². The van der Waals surface area contributed by atoms with Gasteiger partial charge >= 0.3 is 0 Å². The third-order valence-electron chi connectivity index (χ3n) is 3.87. The summed E-state index contributed by atoms with van der Waals surface area (Å²) < 4.78 is 53.1. The molecular weight excluding hydrogens is 374 g/mol. The number of aryl methyl sites for hydroxylation is 1. The van der Waals surface area contributed by atoms with Gasteiger partial charge in [-0.1, -0.05) is 0 Å². The van der Waals surface area contributed by atoms with Crippen LogP contribution in [0.25, 0.3) is 0 Å². The molecule has 1 fully saturated rings. The van der Waals surface area contributed by atoms with Crippen molar-refractivity contribution in [1.82, 2.24) is 14.3 Å². The molecule has 7 nitrogen and oxygen atoms in total. The van der Waals surface area contributed by atoms with E-state index in [0.717, 1.165) is 0 Å². The van der Waals surface area contributed by atoms with E-state index in [4.69, 9.17) is 0 Å². The van der Waals surface area contributed by atoms with Crippen molar-refractivity contribution in [2.75, 3.05) is 20.1 Å². The fourth-order valence-electron chi connectivity index (χ4n) is 2.82. The van der Waals surface area contributed by atoms with Crippen molar-refractivity contribution in [2.45, 2.75) is 42.6 Å². The SMILES string of the molecule is CNS(=O)(=O)c1ccc(S(=O)(=O)N2CC(C)NC(C)C2)cc1C.Cl. The first-order chi connectivity index (χ1) is 10.6. The molecule has 24 heavy (non-hydrogen) atoms. The summed E-state index contributed by atoms with van der Waals surface area (Å²) in [5.41, 5.74) is 0.400. The maximum Gasteiger partial charge on any atom is 0.243 e. The lowest BCUT2D eigenvalue weighted by molar-refractivity contribution is 0.263. The summed E-state index contributed by atoms with van der Waals surface area (Å²) in [6, 6.07) is 4.24. The quantitative estimate of drug-likeness (QED) is 0.779. The molecule has 1 saturated heterocycles. The lowest BCUT2D eigenvalue weighted by Gasteiger charge is -2.35. The number of halogens is 1. The highest BCUT2D eigenvalue weighted by molar-refractivity contribution is 7.89. The smallest absolute Gasteiger partial charge is 0.243 e. The van der Waals surface area contributed by atoms with Gasteiger partial charge in [0.05, 0.1) is 9.79 Å². The molecule has 10 heteroatoms. The lowest BCUT2D eigenvalue weighted by Crippen LogP contribution is -2.55. The first kappa shape index (κ1) is 21.3. The van der Waals surface area contributed by atoms with Gasteiger partial charge in [0.25, 0.3) is 0 Å². The minimum Gasteiger partial charge on any atom is -0.309 e. The van der Waals surface area contributed by atoms with Crippen LogP contribution in [0.4, 0.5) is 0 Å². The van der Waals surface area contributed by atoms with Crippen LogP contribution in [0.1, 0.15) is 19.4 Å². The van der Waals surface area contributed by atoms with Gasteiger partial charge in [-0.2, -0.15) is 4.31 Å². The fourth-order valence-corrected chi connectivity index (χ4v) is 5.47. The predicted molar refractivity (Wildman–Crippen MR) is 95.5 cm³/mol. The van der Waals surface area contributed by atoms with E-state index in [-0.39, 0.29) is 34.3 Å². The van der Waals surface area contributed by atoms with Crippen LogP contribution in [0.15, 0.2) is 28.0 Å². The Morgan fingerprint density at radius 2 is 1.67 bits per heavy atom. The molecule has 0 amide bonds. The topological polar surface area (TPSA) is 95.6 Å². The monoisotopic (exact) mass is 397 g/mol. The number of sulfonamides is 2. The molecule has 2 N–H and O–H groups in total. The molecule has 0 spiro atoms. The van der Waals surface area contributed by atoms with Gasteiger partial charge in [-0.25, -0.2) is 21.6 Å². The Morgan fingerprint density at radius 1 is 1.12 bits per heavy atom. The van der Waals surface area contributed by atoms with Crippen LogP contribution < -0.4 is 10.0 Å². The zero-order chi connectivity index (χ0) is 17.4. The van der Waals surface area contributed by atoms with Gasteiger partial charge in [0, 0.05) is 25.2 Å². The standard InChI is InChI=1S/C14H23N3O4S2.ClH/c1-10-7-13(5-6-14(10)22(18,19)15-4)23(20,21)17-8-11(2)16-12(3)9-17;/h5-7,11-12,15-16H,8-9H2,1-4H3;1H. The van der Waals surface area contributed by atoms with Crippen molar-refractivity contribution in [3.63, 3.8) is 0 Å². The van der Waals surface area contributed by atoms with E-state index in [1.807, 2.05) is 13.8 Å². The Hall–Kier alpha value is -0.710. The normalized spacial score (nSPS) is 22.8. The largest absolute Gasteiger partial charge is 0.309 e. The van der Waals surface area contributed by atoms with Crippen molar-refractivity contribution in [3.05, 3.63) is 23.8 Å². The molecule has 0 aromatic heterocycles. The van der Waals surface area contributed by atoms with Crippen molar-refractivity contribution in [3.8, 4) is 0 Å².